The number of furan rings is 1. The second kappa shape index (κ2) is 6.41. The lowest BCUT2D eigenvalue weighted by Gasteiger charge is -2.33. The minimum atomic E-state index is -4.85. The molecule has 1 fully saturated rings. The molecule has 0 aromatic carbocycles. The molecule has 0 radical (unpaired) electrons. The summed E-state index contributed by atoms with van der Waals surface area (Å²) in [5.41, 5.74) is 0. The van der Waals surface area contributed by atoms with Crippen LogP contribution in [0, 0.1) is 5.92 Å². The zero-order chi connectivity index (χ0) is 16.3. The molecule has 8 heteroatoms. The predicted molar refractivity (Wildman–Crippen MR) is 70.5 cm³/mol. The van der Waals surface area contributed by atoms with Crippen LogP contribution in [-0.4, -0.2) is 47.9 Å². The van der Waals surface area contributed by atoms with Crippen LogP contribution in [0.5, 0.6) is 0 Å². The lowest BCUT2D eigenvalue weighted by molar-refractivity contribution is -0.187. The minimum Gasteiger partial charge on any atom is -0.467 e. The van der Waals surface area contributed by atoms with Crippen LogP contribution in [0.15, 0.2) is 22.8 Å². The molecule has 122 valence electrons. The topological polar surface area (TPSA) is 53.8 Å². The van der Waals surface area contributed by atoms with Gasteiger partial charge in [0.25, 0.3) is 0 Å². The molecule has 1 aromatic heterocycles. The molecule has 2 rings (SSSR count). The first-order chi connectivity index (χ1) is 10.3. The molecule has 0 aliphatic carbocycles. The van der Waals surface area contributed by atoms with E-state index in [-0.39, 0.29) is 37.8 Å². The molecule has 0 unspecified atom stereocenters. The van der Waals surface area contributed by atoms with Crippen LogP contribution >= 0.6 is 0 Å². The van der Waals surface area contributed by atoms with Gasteiger partial charge in [-0.05, 0) is 25.0 Å². The molecule has 1 aromatic rings. The fourth-order valence-electron chi connectivity index (χ4n) is 2.53. The molecule has 1 aliphatic rings. The Bertz CT molecular complexity index is 520. The van der Waals surface area contributed by atoms with Gasteiger partial charge in [-0.25, -0.2) is 0 Å². The van der Waals surface area contributed by atoms with Crippen molar-refractivity contribution in [1.82, 2.24) is 9.80 Å². The first-order valence-corrected chi connectivity index (χ1v) is 6.92. The van der Waals surface area contributed by atoms with Crippen molar-refractivity contribution in [3.05, 3.63) is 24.2 Å². The first kappa shape index (κ1) is 16.4. The normalized spacial score (nSPS) is 16.6. The summed E-state index contributed by atoms with van der Waals surface area (Å²) in [4.78, 5) is 25.6. The highest BCUT2D eigenvalue weighted by molar-refractivity contribution is 5.83. The summed E-state index contributed by atoms with van der Waals surface area (Å²) in [7, 11) is 1.62. The second-order valence-electron chi connectivity index (χ2n) is 5.34. The van der Waals surface area contributed by atoms with Crippen molar-refractivity contribution < 1.29 is 27.2 Å². The van der Waals surface area contributed by atoms with Crippen LogP contribution in [0.1, 0.15) is 18.6 Å². The standard InChI is InChI=1S/C14H17F3N2O3/c1-18(9-11-3-2-8-22-11)12(20)10-4-6-19(7-5-10)13(21)14(15,16)17/h2-3,8,10H,4-7,9H2,1H3. The van der Waals surface area contributed by atoms with Gasteiger partial charge in [-0.1, -0.05) is 0 Å². The van der Waals surface area contributed by atoms with E-state index in [1.54, 1.807) is 19.2 Å². The van der Waals surface area contributed by atoms with Crippen LogP contribution in [0.2, 0.25) is 0 Å². The summed E-state index contributed by atoms with van der Waals surface area (Å²) in [5, 5.41) is 0. The van der Waals surface area contributed by atoms with Gasteiger partial charge in [-0.2, -0.15) is 13.2 Å². The van der Waals surface area contributed by atoms with Crippen molar-refractivity contribution in [3.63, 3.8) is 0 Å². The maximum Gasteiger partial charge on any atom is 0.471 e. The molecular weight excluding hydrogens is 301 g/mol. The Morgan fingerprint density at radius 2 is 2.00 bits per heavy atom. The zero-order valence-corrected chi connectivity index (χ0v) is 12.1. The van der Waals surface area contributed by atoms with Crippen molar-refractivity contribution in [2.45, 2.75) is 25.6 Å². The molecule has 2 amide bonds. The van der Waals surface area contributed by atoms with Gasteiger partial charge in [-0.15, -0.1) is 0 Å². The van der Waals surface area contributed by atoms with E-state index in [4.69, 9.17) is 4.42 Å². The van der Waals surface area contributed by atoms with E-state index in [0.717, 1.165) is 4.90 Å². The van der Waals surface area contributed by atoms with E-state index in [1.807, 2.05) is 0 Å². The van der Waals surface area contributed by atoms with Gasteiger partial charge in [0.15, 0.2) is 0 Å². The molecule has 0 N–H and O–H groups in total. The molecule has 1 saturated heterocycles. The number of alkyl halides is 3. The highest BCUT2D eigenvalue weighted by atomic mass is 19.4. The van der Waals surface area contributed by atoms with Crippen LogP contribution in [0.3, 0.4) is 0 Å². The van der Waals surface area contributed by atoms with Crippen molar-refractivity contribution in [2.24, 2.45) is 5.92 Å². The third-order valence-electron chi connectivity index (χ3n) is 3.72. The number of amides is 2. The number of piperidine rings is 1. The van der Waals surface area contributed by atoms with Crippen molar-refractivity contribution in [3.8, 4) is 0 Å². The average molecular weight is 318 g/mol. The zero-order valence-electron chi connectivity index (χ0n) is 12.1. The third kappa shape index (κ3) is 3.80. The van der Waals surface area contributed by atoms with Crippen molar-refractivity contribution >= 4 is 11.8 Å². The predicted octanol–water partition coefficient (Wildman–Crippen LogP) is 2.04. The van der Waals surface area contributed by atoms with Gasteiger partial charge in [0.2, 0.25) is 5.91 Å². The third-order valence-corrected chi connectivity index (χ3v) is 3.72. The smallest absolute Gasteiger partial charge is 0.467 e. The highest BCUT2D eigenvalue weighted by Gasteiger charge is 2.43. The van der Waals surface area contributed by atoms with E-state index < -0.39 is 12.1 Å². The summed E-state index contributed by atoms with van der Waals surface area (Å²) >= 11 is 0. The van der Waals surface area contributed by atoms with Crippen molar-refractivity contribution in [1.29, 1.82) is 0 Å². The molecule has 0 spiro atoms. The molecule has 22 heavy (non-hydrogen) atoms. The first-order valence-electron chi connectivity index (χ1n) is 6.92. The second-order valence-corrected chi connectivity index (χ2v) is 5.34. The average Bonchev–Trinajstić information content (AvgIpc) is 2.97. The van der Waals surface area contributed by atoms with Crippen LogP contribution in [0.4, 0.5) is 13.2 Å². The Morgan fingerprint density at radius 1 is 1.36 bits per heavy atom. The largest absolute Gasteiger partial charge is 0.471 e. The number of carbonyl (C=O) groups is 2. The monoisotopic (exact) mass is 318 g/mol. The molecule has 1 aliphatic heterocycles. The fraction of sp³-hybridized carbons (Fsp3) is 0.571. The SMILES string of the molecule is CN(Cc1ccco1)C(=O)C1CCN(C(=O)C(F)(F)F)CC1. The van der Waals surface area contributed by atoms with E-state index in [1.165, 1.54) is 11.2 Å². The maximum absolute atomic E-state index is 12.4. The summed E-state index contributed by atoms with van der Waals surface area (Å²) < 4.78 is 42.2. The minimum absolute atomic E-state index is 0.0522. The van der Waals surface area contributed by atoms with E-state index in [9.17, 15) is 22.8 Å². The Morgan fingerprint density at radius 3 is 2.50 bits per heavy atom. The Labute approximate surface area is 125 Å². The maximum atomic E-state index is 12.4. The Hall–Kier alpha value is -1.99. The lowest BCUT2D eigenvalue weighted by Crippen LogP contribution is -2.47. The number of rotatable bonds is 3. The highest BCUT2D eigenvalue weighted by Crippen LogP contribution is 2.25. The molecule has 5 nitrogen and oxygen atoms in total. The molecule has 0 atom stereocenters. The number of carbonyl (C=O) groups excluding carboxylic acids is 2. The van der Waals surface area contributed by atoms with Gasteiger partial charge in [-0.3, -0.25) is 9.59 Å². The quantitative estimate of drug-likeness (QED) is 0.857. The number of halogens is 3. The fourth-order valence-corrected chi connectivity index (χ4v) is 2.53. The van der Waals surface area contributed by atoms with Crippen LogP contribution in [0.25, 0.3) is 0 Å². The van der Waals surface area contributed by atoms with Crippen molar-refractivity contribution in [2.75, 3.05) is 20.1 Å². The Balaban J connectivity index is 1.86. The van der Waals surface area contributed by atoms with E-state index in [0.29, 0.717) is 12.3 Å². The lowest BCUT2D eigenvalue weighted by atomic mass is 9.95. The van der Waals surface area contributed by atoms with E-state index in [2.05, 4.69) is 0 Å². The molecular formula is C14H17F3N2O3. The summed E-state index contributed by atoms with van der Waals surface area (Å²) in [5.74, 6) is -1.70. The van der Waals surface area contributed by atoms with E-state index >= 15 is 0 Å². The summed E-state index contributed by atoms with van der Waals surface area (Å²) in [6.07, 6.45) is -2.87. The Kier molecular flexibility index (Phi) is 4.77. The van der Waals surface area contributed by atoms with Gasteiger partial charge in [0, 0.05) is 26.1 Å². The molecule has 0 saturated carbocycles. The number of hydrogen-bond acceptors (Lipinski definition) is 3. The molecule has 2 heterocycles. The number of hydrogen-bond donors (Lipinski definition) is 0. The summed E-state index contributed by atoms with van der Waals surface area (Å²) in [6, 6.07) is 3.46. The number of likely N-dealkylation sites (tertiary alicyclic amines) is 1. The van der Waals surface area contributed by atoms with Gasteiger partial charge in [0.05, 0.1) is 12.8 Å². The number of nitrogens with zero attached hydrogens (tertiary/aromatic N) is 2. The van der Waals surface area contributed by atoms with Gasteiger partial charge in [0.1, 0.15) is 5.76 Å². The van der Waals surface area contributed by atoms with Crippen LogP contribution in [-0.2, 0) is 16.1 Å². The van der Waals surface area contributed by atoms with Gasteiger partial charge >= 0.3 is 12.1 Å². The molecule has 0 bridgehead atoms. The van der Waals surface area contributed by atoms with Gasteiger partial charge < -0.3 is 14.2 Å². The summed E-state index contributed by atoms with van der Waals surface area (Å²) in [6.45, 7) is 0.209. The van der Waals surface area contributed by atoms with Crippen LogP contribution < -0.4 is 0 Å².